The number of aliphatic carboxylic acids is 1. The number of carboxylic acids is 1. The minimum Gasteiger partial charge on any atom is -0.480 e. The Kier molecular flexibility index (Phi) is 3.61. The van der Waals surface area contributed by atoms with Gasteiger partial charge < -0.3 is 5.11 Å². The van der Waals surface area contributed by atoms with Gasteiger partial charge in [0.25, 0.3) is 0 Å². The summed E-state index contributed by atoms with van der Waals surface area (Å²) in [6, 6.07) is 7.04. The Labute approximate surface area is 103 Å². The summed E-state index contributed by atoms with van der Waals surface area (Å²) in [5.41, 5.74) is 0.859. The predicted molar refractivity (Wildman–Crippen MR) is 65.3 cm³/mol. The van der Waals surface area contributed by atoms with Crippen molar-refractivity contribution in [3.8, 4) is 0 Å². The smallest absolute Gasteiger partial charge is 0.325 e. The second-order valence-electron chi connectivity index (χ2n) is 4.04. The second-order valence-corrected chi connectivity index (χ2v) is 4.95. The minimum absolute atomic E-state index is 0.490. The molecule has 0 spiro atoms. The maximum Gasteiger partial charge on any atom is 0.325 e. The molecule has 1 atom stereocenters. The van der Waals surface area contributed by atoms with Crippen LogP contribution in [0.2, 0.25) is 0 Å². The van der Waals surface area contributed by atoms with E-state index in [0.717, 1.165) is 36.0 Å². The van der Waals surface area contributed by atoms with E-state index < -0.39 is 12.0 Å². The zero-order valence-corrected chi connectivity index (χ0v) is 10.5. The van der Waals surface area contributed by atoms with Gasteiger partial charge in [-0.2, -0.15) is 0 Å². The van der Waals surface area contributed by atoms with Crippen molar-refractivity contribution < 1.29 is 9.90 Å². The van der Waals surface area contributed by atoms with E-state index in [4.69, 9.17) is 0 Å². The number of likely N-dealkylation sites (tertiary alicyclic amines) is 1. The molecule has 1 aliphatic rings. The standard InChI is InChI=1S/C12H14BrNO2/c13-10-5-3-9(4-6-10)11(12(15)16)14-7-1-2-8-14/h3-6,11H,1-2,7-8H2,(H,15,16)/t11-/m0/s1. The van der Waals surface area contributed by atoms with Crippen molar-refractivity contribution in [2.24, 2.45) is 0 Å². The number of halogens is 1. The fraction of sp³-hybridized carbons (Fsp3) is 0.417. The lowest BCUT2D eigenvalue weighted by Crippen LogP contribution is -2.31. The van der Waals surface area contributed by atoms with Crippen molar-refractivity contribution in [1.82, 2.24) is 4.90 Å². The lowest BCUT2D eigenvalue weighted by atomic mass is 10.1. The third kappa shape index (κ3) is 2.44. The predicted octanol–water partition coefficient (Wildman–Crippen LogP) is 2.67. The van der Waals surface area contributed by atoms with Crippen molar-refractivity contribution in [1.29, 1.82) is 0 Å². The van der Waals surface area contributed by atoms with Gasteiger partial charge in [-0.3, -0.25) is 9.69 Å². The number of rotatable bonds is 3. The topological polar surface area (TPSA) is 40.5 Å². The Bertz CT molecular complexity index is 371. The first-order valence-corrected chi connectivity index (χ1v) is 6.20. The van der Waals surface area contributed by atoms with E-state index in [2.05, 4.69) is 15.9 Å². The monoisotopic (exact) mass is 283 g/mol. The van der Waals surface area contributed by atoms with Crippen molar-refractivity contribution in [2.45, 2.75) is 18.9 Å². The Morgan fingerprint density at radius 2 is 1.81 bits per heavy atom. The molecule has 3 nitrogen and oxygen atoms in total. The molecule has 0 aromatic heterocycles. The number of hydrogen-bond acceptors (Lipinski definition) is 2. The molecule has 0 radical (unpaired) electrons. The van der Waals surface area contributed by atoms with Crippen LogP contribution < -0.4 is 0 Å². The third-order valence-corrected chi connectivity index (χ3v) is 3.45. The molecule has 1 saturated heterocycles. The zero-order valence-electron chi connectivity index (χ0n) is 8.90. The molecule has 0 bridgehead atoms. The van der Waals surface area contributed by atoms with Gasteiger partial charge in [0.1, 0.15) is 6.04 Å². The summed E-state index contributed by atoms with van der Waals surface area (Å²) in [6.45, 7) is 1.76. The number of carbonyl (C=O) groups is 1. The van der Waals surface area contributed by atoms with Gasteiger partial charge in [0, 0.05) is 4.47 Å². The van der Waals surface area contributed by atoms with Crippen LogP contribution in [-0.2, 0) is 4.79 Å². The van der Waals surface area contributed by atoms with E-state index in [0.29, 0.717) is 0 Å². The molecule has 0 amide bonds. The van der Waals surface area contributed by atoms with E-state index >= 15 is 0 Å². The van der Waals surface area contributed by atoms with Gasteiger partial charge in [-0.15, -0.1) is 0 Å². The molecule has 16 heavy (non-hydrogen) atoms. The first-order valence-electron chi connectivity index (χ1n) is 5.41. The second kappa shape index (κ2) is 4.97. The molecular weight excluding hydrogens is 270 g/mol. The van der Waals surface area contributed by atoms with Crippen LogP contribution in [0.4, 0.5) is 0 Å². The van der Waals surface area contributed by atoms with E-state index in [1.165, 1.54) is 0 Å². The molecule has 1 aromatic carbocycles. The SMILES string of the molecule is O=C(O)[C@H](c1ccc(Br)cc1)N1CCCC1. The average molecular weight is 284 g/mol. The van der Waals surface area contributed by atoms with Crippen molar-refractivity contribution in [3.05, 3.63) is 34.3 Å². The molecule has 1 heterocycles. The summed E-state index contributed by atoms with van der Waals surface area (Å²) >= 11 is 3.35. The fourth-order valence-electron chi connectivity index (χ4n) is 2.15. The molecule has 1 aliphatic heterocycles. The summed E-state index contributed by atoms with van der Waals surface area (Å²) < 4.78 is 0.974. The minimum atomic E-state index is -0.760. The van der Waals surface area contributed by atoms with Crippen LogP contribution in [-0.4, -0.2) is 29.1 Å². The highest BCUT2D eigenvalue weighted by atomic mass is 79.9. The lowest BCUT2D eigenvalue weighted by Gasteiger charge is -2.23. The molecule has 86 valence electrons. The summed E-state index contributed by atoms with van der Waals surface area (Å²) in [5, 5.41) is 9.30. The summed E-state index contributed by atoms with van der Waals surface area (Å²) in [7, 11) is 0. The van der Waals surface area contributed by atoms with E-state index in [-0.39, 0.29) is 0 Å². The maximum atomic E-state index is 11.3. The summed E-state index contributed by atoms with van der Waals surface area (Å²) in [6.07, 6.45) is 2.20. The van der Waals surface area contributed by atoms with Crippen LogP contribution in [0.25, 0.3) is 0 Å². The van der Waals surface area contributed by atoms with Gasteiger partial charge in [0.2, 0.25) is 0 Å². The highest BCUT2D eigenvalue weighted by Gasteiger charge is 2.29. The van der Waals surface area contributed by atoms with Gasteiger partial charge in [-0.25, -0.2) is 0 Å². The summed E-state index contributed by atoms with van der Waals surface area (Å²) in [4.78, 5) is 13.4. The average Bonchev–Trinajstić information content (AvgIpc) is 2.74. The highest BCUT2D eigenvalue weighted by molar-refractivity contribution is 9.10. The molecule has 2 rings (SSSR count). The van der Waals surface area contributed by atoms with Gasteiger partial charge in [-0.1, -0.05) is 28.1 Å². The number of nitrogens with zero attached hydrogens (tertiary/aromatic N) is 1. The van der Waals surface area contributed by atoms with Crippen molar-refractivity contribution in [3.63, 3.8) is 0 Å². The van der Waals surface area contributed by atoms with Gasteiger partial charge in [0.15, 0.2) is 0 Å². The summed E-state index contributed by atoms with van der Waals surface area (Å²) in [5.74, 6) is -0.760. The Hall–Kier alpha value is -0.870. The Morgan fingerprint density at radius 1 is 1.25 bits per heavy atom. The zero-order chi connectivity index (χ0) is 11.5. The first-order chi connectivity index (χ1) is 7.68. The van der Waals surface area contributed by atoms with Crippen molar-refractivity contribution >= 4 is 21.9 Å². The molecule has 0 aliphatic carbocycles. The molecule has 1 N–H and O–H groups in total. The third-order valence-electron chi connectivity index (χ3n) is 2.93. The molecular formula is C12H14BrNO2. The molecule has 4 heteroatoms. The van der Waals surface area contributed by atoms with Gasteiger partial charge >= 0.3 is 5.97 Å². The quantitative estimate of drug-likeness (QED) is 0.927. The van der Waals surface area contributed by atoms with Gasteiger partial charge in [0.05, 0.1) is 0 Å². The molecule has 0 unspecified atom stereocenters. The van der Waals surface area contributed by atoms with Gasteiger partial charge in [-0.05, 0) is 43.6 Å². The van der Waals surface area contributed by atoms with Crippen LogP contribution in [0.15, 0.2) is 28.7 Å². The van der Waals surface area contributed by atoms with Crippen LogP contribution >= 0.6 is 15.9 Å². The molecule has 1 aromatic rings. The molecule has 1 fully saturated rings. The van der Waals surface area contributed by atoms with Crippen molar-refractivity contribution in [2.75, 3.05) is 13.1 Å². The Morgan fingerprint density at radius 3 is 2.31 bits per heavy atom. The van der Waals surface area contributed by atoms with E-state index in [1.54, 1.807) is 0 Å². The lowest BCUT2D eigenvalue weighted by molar-refractivity contribution is -0.143. The number of carboxylic acid groups (broad SMARTS) is 1. The number of hydrogen-bond donors (Lipinski definition) is 1. The van der Waals surface area contributed by atoms with E-state index in [9.17, 15) is 9.90 Å². The first kappa shape index (κ1) is 11.6. The number of benzene rings is 1. The Balaban J connectivity index is 2.24. The van der Waals surface area contributed by atoms with Crippen LogP contribution in [0.1, 0.15) is 24.4 Å². The highest BCUT2D eigenvalue weighted by Crippen LogP contribution is 2.26. The van der Waals surface area contributed by atoms with Crippen LogP contribution in [0, 0.1) is 0 Å². The molecule has 0 saturated carbocycles. The van der Waals surface area contributed by atoms with E-state index in [1.807, 2.05) is 29.2 Å². The fourth-order valence-corrected chi connectivity index (χ4v) is 2.42. The normalized spacial score (nSPS) is 18.6. The van der Waals surface area contributed by atoms with Crippen LogP contribution in [0.3, 0.4) is 0 Å². The largest absolute Gasteiger partial charge is 0.480 e. The van der Waals surface area contributed by atoms with Crippen LogP contribution in [0.5, 0.6) is 0 Å². The maximum absolute atomic E-state index is 11.3.